The second-order valence-corrected chi connectivity index (χ2v) is 6.09. The second kappa shape index (κ2) is 5.38. The number of halogens is 1. The molecular weight excluding hydrogens is 290 g/mol. The molecule has 0 bridgehead atoms. The van der Waals surface area contributed by atoms with Gasteiger partial charge >= 0.3 is 0 Å². The van der Waals surface area contributed by atoms with Crippen LogP contribution in [0.2, 0.25) is 5.02 Å². The Morgan fingerprint density at radius 1 is 1.25 bits per heavy atom. The lowest BCUT2D eigenvalue weighted by atomic mass is 10.3. The number of rotatable bonds is 3. The first kappa shape index (κ1) is 13.3. The minimum absolute atomic E-state index is 0.705. The van der Waals surface area contributed by atoms with Crippen molar-refractivity contribution in [1.82, 2.24) is 9.97 Å². The number of hydrogen-bond acceptors (Lipinski definition) is 4. The highest BCUT2D eigenvalue weighted by Crippen LogP contribution is 2.31. The van der Waals surface area contributed by atoms with Gasteiger partial charge in [0.2, 0.25) is 0 Å². The first-order valence-electron chi connectivity index (χ1n) is 6.45. The molecule has 1 N–H and O–H groups in total. The summed E-state index contributed by atoms with van der Waals surface area (Å²) in [7, 11) is 0. The van der Waals surface area contributed by atoms with Crippen LogP contribution in [0.4, 0.5) is 11.5 Å². The van der Waals surface area contributed by atoms with Crippen LogP contribution in [0.3, 0.4) is 0 Å². The molecule has 1 aromatic carbocycles. The normalized spacial score (nSPS) is 10.9. The molecule has 0 aliphatic heterocycles. The van der Waals surface area contributed by atoms with E-state index in [-0.39, 0.29) is 0 Å². The van der Waals surface area contributed by atoms with Crippen molar-refractivity contribution in [2.75, 3.05) is 5.32 Å². The van der Waals surface area contributed by atoms with Gasteiger partial charge in [-0.2, -0.15) is 0 Å². The van der Waals surface area contributed by atoms with E-state index in [0.29, 0.717) is 5.02 Å². The molecule has 0 amide bonds. The summed E-state index contributed by atoms with van der Waals surface area (Å²) in [4.78, 5) is 11.4. The highest BCUT2D eigenvalue weighted by Gasteiger charge is 2.10. The molecule has 20 heavy (non-hydrogen) atoms. The van der Waals surface area contributed by atoms with E-state index in [9.17, 15) is 0 Å². The molecular formula is C15H14ClN3S. The van der Waals surface area contributed by atoms with Gasteiger partial charge in [0.1, 0.15) is 16.5 Å². The first-order valence-corrected chi connectivity index (χ1v) is 7.65. The van der Waals surface area contributed by atoms with Gasteiger partial charge < -0.3 is 5.32 Å². The largest absolute Gasteiger partial charge is 0.340 e. The zero-order valence-corrected chi connectivity index (χ0v) is 12.8. The van der Waals surface area contributed by atoms with Crippen molar-refractivity contribution in [3.8, 4) is 0 Å². The number of fused-ring (bicyclic) bond motifs is 1. The predicted molar refractivity (Wildman–Crippen MR) is 86.3 cm³/mol. The molecule has 3 nitrogen and oxygen atoms in total. The summed E-state index contributed by atoms with van der Waals surface area (Å²) in [5.74, 6) is 1.61. The van der Waals surface area contributed by atoms with Crippen molar-refractivity contribution >= 4 is 44.7 Å². The summed E-state index contributed by atoms with van der Waals surface area (Å²) >= 11 is 7.74. The molecule has 0 atom stereocenters. The van der Waals surface area contributed by atoms with Gasteiger partial charge in [-0.3, -0.25) is 0 Å². The summed E-state index contributed by atoms with van der Waals surface area (Å²) in [6.07, 6.45) is 1.01. The number of nitrogens with one attached hydrogen (secondary N) is 1. The van der Waals surface area contributed by atoms with Crippen LogP contribution in [0.15, 0.2) is 30.3 Å². The van der Waals surface area contributed by atoms with Crippen LogP contribution in [0.1, 0.15) is 17.6 Å². The fraction of sp³-hybridized carbons (Fsp3) is 0.200. The number of benzene rings is 1. The maximum absolute atomic E-state index is 6.02. The first-order chi connectivity index (χ1) is 9.65. The summed E-state index contributed by atoms with van der Waals surface area (Å²) < 4.78 is 0. The van der Waals surface area contributed by atoms with Crippen molar-refractivity contribution in [3.05, 3.63) is 46.1 Å². The topological polar surface area (TPSA) is 37.8 Å². The number of thiophene rings is 1. The SMILES string of the molecule is CCc1cc2c(Nc3cccc(Cl)c3)nc(C)nc2s1. The molecule has 0 aliphatic rings. The number of hydrogen-bond donors (Lipinski definition) is 1. The number of aromatic nitrogens is 2. The van der Waals surface area contributed by atoms with Crippen molar-refractivity contribution < 1.29 is 0 Å². The quantitative estimate of drug-likeness (QED) is 0.743. The molecule has 5 heteroatoms. The van der Waals surface area contributed by atoms with E-state index in [2.05, 4.69) is 28.3 Å². The second-order valence-electron chi connectivity index (χ2n) is 4.54. The Bertz CT molecular complexity index is 767. The summed E-state index contributed by atoms with van der Waals surface area (Å²) in [5.41, 5.74) is 0.932. The third kappa shape index (κ3) is 2.62. The van der Waals surface area contributed by atoms with E-state index < -0.39 is 0 Å². The van der Waals surface area contributed by atoms with Crippen LogP contribution < -0.4 is 5.32 Å². The van der Waals surface area contributed by atoms with Gasteiger partial charge in [0.05, 0.1) is 5.39 Å². The molecule has 102 valence electrons. The highest BCUT2D eigenvalue weighted by atomic mass is 35.5. The molecule has 3 aromatic rings. The lowest BCUT2D eigenvalue weighted by Crippen LogP contribution is -1.97. The molecule has 0 spiro atoms. The number of anilines is 2. The summed E-state index contributed by atoms with van der Waals surface area (Å²) in [6.45, 7) is 4.06. The zero-order valence-electron chi connectivity index (χ0n) is 11.3. The molecule has 2 heterocycles. The Hall–Kier alpha value is -1.65. The predicted octanol–water partition coefficient (Wildman–Crippen LogP) is 4.96. The minimum Gasteiger partial charge on any atom is -0.340 e. The third-order valence-corrected chi connectivity index (χ3v) is 4.40. The van der Waals surface area contributed by atoms with Crippen LogP contribution in [0.25, 0.3) is 10.2 Å². The molecule has 0 saturated heterocycles. The monoisotopic (exact) mass is 303 g/mol. The van der Waals surface area contributed by atoms with Crippen molar-refractivity contribution in [3.63, 3.8) is 0 Å². The Balaban J connectivity index is 2.08. The summed E-state index contributed by atoms with van der Waals surface area (Å²) in [6, 6.07) is 9.79. The Morgan fingerprint density at radius 3 is 2.85 bits per heavy atom. The fourth-order valence-corrected chi connectivity index (χ4v) is 3.25. The average molecular weight is 304 g/mol. The zero-order chi connectivity index (χ0) is 14.1. The Kier molecular flexibility index (Phi) is 3.59. The molecule has 2 aromatic heterocycles. The standard InChI is InChI=1S/C15H14ClN3S/c1-3-12-8-13-14(17-9(2)18-15(13)20-12)19-11-6-4-5-10(16)7-11/h4-8H,3H2,1-2H3,(H,17,18,19). The lowest BCUT2D eigenvalue weighted by Gasteiger charge is -2.07. The van der Waals surface area contributed by atoms with Gasteiger partial charge in [0.25, 0.3) is 0 Å². The fourth-order valence-electron chi connectivity index (χ4n) is 2.05. The van der Waals surface area contributed by atoms with Crippen molar-refractivity contribution in [2.24, 2.45) is 0 Å². The number of nitrogens with zero attached hydrogens (tertiary/aromatic N) is 2. The van der Waals surface area contributed by atoms with Crippen LogP contribution in [0.5, 0.6) is 0 Å². The molecule has 0 unspecified atom stereocenters. The maximum Gasteiger partial charge on any atom is 0.142 e. The molecule has 0 fully saturated rings. The van der Waals surface area contributed by atoms with Gasteiger partial charge in [-0.25, -0.2) is 9.97 Å². The van der Waals surface area contributed by atoms with E-state index in [4.69, 9.17) is 11.6 Å². The molecule has 0 saturated carbocycles. The molecule has 3 rings (SSSR count). The Morgan fingerprint density at radius 2 is 2.10 bits per heavy atom. The Labute approximate surface area is 126 Å². The average Bonchev–Trinajstić information content (AvgIpc) is 2.82. The lowest BCUT2D eigenvalue weighted by molar-refractivity contribution is 1.10. The van der Waals surface area contributed by atoms with E-state index in [1.165, 1.54) is 4.88 Å². The van der Waals surface area contributed by atoms with Crippen LogP contribution in [0, 0.1) is 6.92 Å². The third-order valence-electron chi connectivity index (χ3n) is 2.99. The van der Waals surface area contributed by atoms with E-state index in [1.54, 1.807) is 11.3 Å². The van der Waals surface area contributed by atoms with Gasteiger partial charge in [-0.1, -0.05) is 24.6 Å². The van der Waals surface area contributed by atoms with Gasteiger partial charge in [0.15, 0.2) is 0 Å². The van der Waals surface area contributed by atoms with Crippen LogP contribution in [-0.2, 0) is 6.42 Å². The van der Waals surface area contributed by atoms with Gasteiger partial charge in [-0.05, 0) is 37.6 Å². The van der Waals surface area contributed by atoms with Gasteiger partial charge in [-0.15, -0.1) is 11.3 Å². The minimum atomic E-state index is 0.705. The van der Waals surface area contributed by atoms with E-state index in [0.717, 1.165) is 34.0 Å². The molecule has 0 aliphatic carbocycles. The molecule has 0 radical (unpaired) electrons. The summed E-state index contributed by atoms with van der Waals surface area (Å²) in [5, 5.41) is 5.11. The van der Waals surface area contributed by atoms with Crippen LogP contribution in [-0.4, -0.2) is 9.97 Å². The van der Waals surface area contributed by atoms with E-state index >= 15 is 0 Å². The van der Waals surface area contributed by atoms with Gasteiger partial charge in [0, 0.05) is 15.6 Å². The van der Waals surface area contributed by atoms with E-state index in [1.807, 2.05) is 31.2 Å². The highest BCUT2D eigenvalue weighted by molar-refractivity contribution is 7.18. The van der Waals surface area contributed by atoms with Crippen molar-refractivity contribution in [1.29, 1.82) is 0 Å². The van der Waals surface area contributed by atoms with Crippen molar-refractivity contribution in [2.45, 2.75) is 20.3 Å². The number of aryl methyl sites for hydroxylation is 2. The van der Waals surface area contributed by atoms with Crippen LogP contribution >= 0.6 is 22.9 Å². The smallest absolute Gasteiger partial charge is 0.142 e. The maximum atomic E-state index is 6.02.